The number of benzene rings is 2. The zero-order valence-electron chi connectivity index (χ0n) is 41.1. The number of hydrogen-bond donors (Lipinski definition) is 14. The second-order valence-electron chi connectivity index (χ2n) is 17.4. The monoisotopic (exact) mass is 1030 g/mol. The minimum absolute atomic E-state index is 0.00198. The topological polar surface area (TPSA) is 415 Å². The maximum atomic E-state index is 14.6. The van der Waals surface area contributed by atoms with Crippen LogP contribution in [0.1, 0.15) is 55.8 Å². The lowest BCUT2D eigenvalue weighted by Gasteiger charge is -2.27. The van der Waals surface area contributed by atoms with Gasteiger partial charge in [0.2, 0.25) is 47.3 Å². The molecular weight excluding hydrogens is 959 g/mol. The lowest BCUT2D eigenvalue weighted by atomic mass is 10.0. The van der Waals surface area contributed by atoms with Crippen LogP contribution in [0.4, 0.5) is 0 Å². The Hall–Kier alpha value is -8.55. The van der Waals surface area contributed by atoms with Crippen molar-refractivity contribution in [1.29, 1.82) is 0 Å². The number of aromatic nitrogens is 3. The number of aliphatic imine (C=N–C) groups is 2. The molecule has 5 rings (SSSR count). The van der Waals surface area contributed by atoms with Crippen molar-refractivity contribution in [2.45, 2.75) is 94.5 Å². The van der Waals surface area contributed by atoms with Gasteiger partial charge < -0.3 is 80.2 Å². The Labute approximate surface area is 426 Å². The van der Waals surface area contributed by atoms with E-state index in [-0.39, 0.29) is 96.3 Å². The molecule has 8 amide bonds. The van der Waals surface area contributed by atoms with E-state index in [0.717, 1.165) is 16.5 Å². The van der Waals surface area contributed by atoms with E-state index >= 15 is 0 Å². The molecule has 0 saturated carbocycles. The second kappa shape index (κ2) is 29.1. The highest BCUT2D eigenvalue weighted by atomic mass is 16.5. The molecule has 1 fully saturated rings. The van der Waals surface area contributed by atoms with Gasteiger partial charge in [-0.05, 0) is 42.9 Å². The molecule has 0 spiro atoms. The first-order valence-electron chi connectivity index (χ1n) is 24.1. The second-order valence-corrected chi connectivity index (χ2v) is 17.4. The van der Waals surface area contributed by atoms with Gasteiger partial charge in [0, 0.05) is 81.4 Å². The molecule has 3 heterocycles. The van der Waals surface area contributed by atoms with Crippen LogP contribution in [-0.2, 0) is 62.4 Å². The van der Waals surface area contributed by atoms with E-state index in [4.69, 9.17) is 27.7 Å². The predicted molar refractivity (Wildman–Crippen MR) is 273 cm³/mol. The number of amides is 8. The van der Waals surface area contributed by atoms with Crippen LogP contribution in [0.15, 0.2) is 83.3 Å². The summed E-state index contributed by atoms with van der Waals surface area (Å²) in [5, 5.41) is 22.4. The highest BCUT2D eigenvalue weighted by molar-refractivity contribution is 5.98. The van der Waals surface area contributed by atoms with E-state index in [1.54, 1.807) is 36.5 Å². The Morgan fingerprint density at radius 2 is 1.32 bits per heavy atom. The third-order valence-electron chi connectivity index (χ3n) is 11.6. The number of carbonyl (C=O) groups is 8. The zero-order chi connectivity index (χ0) is 53.4. The third kappa shape index (κ3) is 18.9. The number of imidazole rings is 1. The molecule has 0 bridgehead atoms. The van der Waals surface area contributed by atoms with Crippen LogP contribution in [0.2, 0.25) is 0 Å². The van der Waals surface area contributed by atoms with Gasteiger partial charge in [0.15, 0.2) is 11.9 Å². The number of hydrogen-bond acceptors (Lipinski definition) is 12. The maximum Gasteiger partial charge on any atom is 0.243 e. The van der Waals surface area contributed by atoms with Gasteiger partial charge in [-0.3, -0.25) is 48.3 Å². The Morgan fingerprint density at radius 3 is 2.00 bits per heavy atom. The number of nitrogens with zero attached hydrogens (tertiary/aromatic N) is 3. The molecule has 4 aromatic rings. The van der Waals surface area contributed by atoms with E-state index < -0.39 is 89.9 Å². The van der Waals surface area contributed by atoms with Gasteiger partial charge in [0.25, 0.3) is 0 Å². The summed E-state index contributed by atoms with van der Waals surface area (Å²) in [6.45, 7) is 1.34. The summed E-state index contributed by atoms with van der Waals surface area (Å²) in [7, 11) is 0. The van der Waals surface area contributed by atoms with Crippen molar-refractivity contribution in [2.24, 2.45) is 32.9 Å². The molecule has 0 aliphatic carbocycles. The number of carbonyl (C=O) groups excluding carboxylic acids is 8. The fourth-order valence-electron chi connectivity index (χ4n) is 7.97. The molecule has 1 aliphatic heterocycles. The number of para-hydroxylation sites is 1. The number of fused-ring (bicyclic) bond motifs is 1. The maximum absolute atomic E-state index is 14.6. The first kappa shape index (κ1) is 56.4. The Morgan fingerprint density at radius 1 is 0.716 bits per heavy atom. The van der Waals surface area contributed by atoms with Crippen LogP contribution in [0.3, 0.4) is 0 Å². The summed E-state index contributed by atoms with van der Waals surface area (Å²) in [6, 6.07) is 8.07. The lowest BCUT2D eigenvalue weighted by molar-refractivity contribution is -0.136. The summed E-state index contributed by atoms with van der Waals surface area (Å²) < 4.78 is 5.68. The van der Waals surface area contributed by atoms with Crippen LogP contribution in [-0.4, -0.2) is 150 Å². The smallest absolute Gasteiger partial charge is 0.243 e. The molecule has 26 nitrogen and oxygen atoms in total. The molecule has 398 valence electrons. The number of nitrogens with two attached hydrogens (primary N) is 4. The summed E-state index contributed by atoms with van der Waals surface area (Å²) in [5.41, 5.74) is 24.6. The lowest BCUT2D eigenvalue weighted by Crippen LogP contribution is -2.60. The van der Waals surface area contributed by atoms with Gasteiger partial charge in [0.05, 0.1) is 26.0 Å². The van der Waals surface area contributed by atoms with Gasteiger partial charge in [-0.1, -0.05) is 48.5 Å². The molecule has 74 heavy (non-hydrogen) atoms. The highest BCUT2D eigenvalue weighted by Gasteiger charge is 2.35. The predicted octanol–water partition coefficient (Wildman–Crippen LogP) is -3.39. The van der Waals surface area contributed by atoms with E-state index in [9.17, 15) is 38.4 Å². The molecule has 26 heteroatoms. The van der Waals surface area contributed by atoms with Crippen molar-refractivity contribution in [3.63, 3.8) is 0 Å². The van der Waals surface area contributed by atoms with E-state index in [1.165, 1.54) is 19.4 Å². The van der Waals surface area contributed by atoms with Gasteiger partial charge in [0.1, 0.15) is 36.3 Å². The third-order valence-corrected chi connectivity index (χ3v) is 11.6. The summed E-state index contributed by atoms with van der Waals surface area (Å²) in [6.07, 6.45) is 4.13. The molecule has 2 aromatic carbocycles. The van der Waals surface area contributed by atoms with Gasteiger partial charge in [-0.25, -0.2) is 4.98 Å². The molecule has 6 atom stereocenters. The summed E-state index contributed by atoms with van der Waals surface area (Å²) in [5.74, 6) is -6.33. The van der Waals surface area contributed by atoms with Gasteiger partial charge in [-0.15, -0.1) is 0 Å². The number of aromatic amines is 2. The number of guanidine groups is 2. The van der Waals surface area contributed by atoms with Crippen molar-refractivity contribution >= 4 is 70.1 Å². The summed E-state index contributed by atoms with van der Waals surface area (Å²) in [4.78, 5) is 130. The van der Waals surface area contributed by atoms with Gasteiger partial charge in [-0.2, -0.15) is 0 Å². The van der Waals surface area contributed by atoms with Crippen molar-refractivity contribution in [3.8, 4) is 0 Å². The van der Waals surface area contributed by atoms with Crippen LogP contribution >= 0.6 is 0 Å². The van der Waals surface area contributed by atoms with E-state index in [0.29, 0.717) is 11.3 Å². The molecular formula is C48H67N17O9. The molecule has 2 aromatic heterocycles. The number of H-pyrrole nitrogens is 2. The van der Waals surface area contributed by atoms with Crippen LogP contribution < -0.4 is 65.5 Å². The number of ether oxygens (including phenoxy) is 1. The van der Waals surface area contributed by atoms with Crippen molar-refractivity contribution < 1.29 is 43.1 Å². The Kier molecular flexibility index (Phi) is 22.2. The number of rotatable bonds is 17. The average molecular weight is 1030 g/mol. The minimum atomic E-state index is -1.62. The fourth-order valence-corrected chi connectivity index (χ4v) is 7.97. The number of nitrogens with one attached hydrogen (secondary N) is 10. The van der Waals surface area contributed by atoms with Crippen LogP contribution in [0.5, 0.6) is 0 Å². The molecule has 18 N–H and O–H groups in total. The Bertz CT molecular complexity index is 2580. The molecule has 0 radical (unpaired) electrons. The molecule has 1 saturated heterocycles. The minimum Gasteiger partial charge on any atom is -0.378 e. The van der Waals surface area contributed by atoms with Crippen LogP contribution in [0, 0.1) is 0 Å². The fraction of sp³-hybridized carbons (Fsp3) is 0.438. The van der Waals surface area contributed by atoms with Crippen molar-refractivity contribution in [1.82, 2.24) is 57.5 Å². The van der Waals surface area contributed by atoms with E-state index in [2.05, 4.69) is 67.5 Å². The summed E-state index contributed by atoms with van der Waals surface area (Å²) >= 11 is 0. The molecule has 0 unspecified atom stereocenters. The van der Waals surface area contributed by atoms with Crippen molar-refractivity contribution in [2.75, 3.05) is 39.4 Å². The first-order valence-corrected chi connectivity index (χ1v) is 24.1. The van der Waals surface area contributed by atoms with E-state index in [1.807, 2.05) is 24.3 Å². The highest BCUT2D eigenvalue weighted by Crippen LogP contribution is 2.20. The largest absolute Gasteiger partial charge is 0.378 e. The Balaban J connectivity index is 1.50. The quantitative estimate of drug-likeness (QED) is 0.0279. The standard InChI is InChI=1S/C48H67N17O9/c1-28(66)60-34(13-7-15-56-47(49)50)42(69)65-39-24-40(67)54-17-19-74-20-18-55-41(68)37(22-30-25-58-33-12-6-5-11-32(30)33)63-43(70)35(14-8-16-57-48(51)52)61-44(71)36(21-29-9-3-2-4-10-29)62-45(72)38(64-46(39)73)23-31-26-53-27-59-31/h2-6,9-12,25-27,34-39,58H,7-8,13-24H2,1H3,(H,53,59)(H,54,67)(H,55,68)(H,60,66)(H,61,71)(H,62,72)(H,63,70)(H,64,73)(H,65,69)(H4,49,50,56)(H4,51,52,57)/t34-,35-,36+,37-,38-,39-/m0/s1. The zero-order valence-corrected chi connectivity index (χ0v) is 41.1. The SMILES string of the molecule is CC(=O)N[C@@H](CCCN=C(N)N)C(=O)N[C@H]1CC(=O)NCCOCCNC(=O)[C@H](Cc2c[nH]c3ccccc23)NC(=O)[C@H](CCCN=C(N)N)NC(=O)[C@@H](Cc2ccccc2)NC(=O)[C@H](Cc2cnc[nH]2)NC1=O. The normalized spacial score (nSPS) is 20.3. The van der Waals surface area contributed by atoms with Crippen molar-refractivity contribution in [3.05, 3.63) is 90.1 Å². The van der Waals surface area contributed by atoms with Gasteiger partial charge >= 0.3 is 0 Å². The first-order chi connectivity index (χ1) is 35.6. The average Bonchev–Trinajstić information content (AvgIpc) is 4.04. The molecule has 1 aliphatic rings. The van der Waals surface area contributed by atoms with Crippen LogP contribution in [0.25, 0.3) is 10.9 Å².